The Hall–Kier alpha value is 0.180. The van der Waals surface area contributed by atoms with Crippen LogP contribution in [0.25, 0.3) is 0 Å². The third kappa shape index (κ3) is 7.77. The number of halogens is 1. The van der Waals surface area contributed by atoms with E-state index < -0.39 is 0 Å². The molecule has 39 heavy (non-hydrogen) atoms. The fraction of sp³-hybridized carbons (Fsp3) is 0.946. The molecular formula is C37H65BrO. The second-order valence-electron chi connectivity index (χ2n) is 15.5. The largest absolute Gasteiger partial charge is 0.378 e. The maximum atomic E-state index is 6.50. The molecule has 0 bridgehead atoms. The van der Waals surface area contributed by atoms with Gasteiger partial charge in [-0.1, -0.05) is 120 Å². The maximum Gasteiger partial charge on any atom is 0.0612 e. The Labute approximate surface area is 252 Å². The van der Waals surface area contributed by atoms with Crippen LogP contribution in [0.2, 0.25) is 0 Å². The van der Waals surface area contributed by atoms with E-state index in [-0.39, 0.29) is 0 Å². The fourth-order valence-electron chi connectivity index (χ4n) is 10.3. The molecule has 0 aliphatic heterocycles. The van der Waals surface area contributed by atoms with Crippen molar-refractivity contribution in [3.63, 3.8) is 0 Å². The second-order valence-corrected chi connectivity index (χ2v) is 16.3. The van der Waals surface area contributed by atoms with E-state index in [2.05, 4.69) is 56.6 Å². The van der Waals surface area contributed by atoms with Crippen LogP contribution in [0.5, 0.6) is 0 Å². The molecule has 0 radical (unpaired) electrons. The van der Waals surface area contributed by atoms with Crippen molar-refractivity contribution in [2.75, 3.05) is 11.9 Å². The molecule has 0 aromatic heterocycles. The Morgan fingerprint density at radius 2 is 1.54 bits per heavy atom. The van der Waals surface area contributed by atoms with Gasteiger partial charge in [-0.3, -0.25) is 0 Å². The van der Waals surface area contributed by atoms with Crippen LogP contribution in [-0.2, 0) is 4.74 Å². The predicted molar refractivity (Wildman–Crippen MR) is 174 cm³/mol. The summed E-state index contributed by atoms with van der Waals surface area (Å²) in [5.74, 6) is 5.59. The van der Waals surface area contributed by atoms with E-state index in [4.69, 9.17) is 4.74 Å². The summed E-state index contributed by atoms with van der Waals surface area (Å²) in [7, 11) is 0. The lowest BCUT2D eigenvalue weighted by atomic mass is 9.47. The molecule has 4 rings (SSSR count). The number of ether oxygens (including phenoxy) is 1. The molecule has 3 saturated carbocycles. The Bertz CT molecular complexity index is 759. The van der Waals surface area contributed by atoms with Gasteiger partial charge < -0.3 is 4.74 Å². The zero-order valence-corrected chi connectivity index (χ0v) is 28.3. The van der Waals surface area contributed by atoms with Gasteiger partial charge >= 0.3 is 0 Å². The first-order valence-electron chi connectivity index (χ1n) is 17.7. The van der Waals surface area contributed by atoms with Gasteiger partial charge in [0.05, 0.1) is 6.10 Å². The fourth-order valence-corrected chi connectivity index (χ4v) is 10.7. The lowest BCUT2D eigenvalue weighted by Gasteiger charge is -2.58. The Morgan fingerprint density at radius 1 is 0.821 bits per heavy atom. The molecule has 0 unspecified atom stereocenters. The van der Waals surface area contributed by atoms with E-state index in [1.165, 1.54) is 127 Å². The Morgan fingerprint density at radius 3 is 2.26 bits per heavy atom. The molecule has 3 fully saturated rings. The highest BCUT2D eigenvalue weighted by Crippen LogP contribution is 2.67. The van der Waals surface area contributed by atoms with E-state index in [0.29, 0.717) is 16.9 Å². The van der Waals surface area contributed by atoms with Crippen molar-refractivity contribution in [3.05, 3.63) is 11.6 Å². The molecule has 4 aliphatic carbocycles. The summed E-state index contributed by atoms with van der Waals surface area (Å²) in [6, 6.07) is 0. The molecule has 0 aromatic rings. The Balaban J connectivity index is 1.23. The molecule has 0 amide bonds. The summed E-state index contributed by atoms with van der Waals surface area (Å²) in [6.45, 7) is 13.8. The second kappa shape index (κ2) is 15.1. The predicted octanol–water partition coefficient (Wildman–Crippen LogP) is 11.9. The summed E-state index contributed by atoms with van der Waals surface area (Å²) < 4.78 is 6.50. The Kier molecular flexibility index (Phi) is 12.4. The summed E-state index contributed by atoms with van der Waals surface area (Å²) >= 11 is 3.54. The summed E-state index contributed by atoms with van der Waals surface area (Å²) in [5.41, 5.74) is 2.86. The minimum Gasteiger partial charge on any atom is -0.378 e. The molecule has 0 spiro atoms. The highest BCUT2D eigenvalue weighted by Gasteiger charge is 2.59. The van der Waals surface area contributed by atoms with E-state index in [1.54, 1.807) is 5.57 Å². The van der Waals surface area contributed by atoms with Crippen LogP contribution in [-0.4, -0.2) is 18.0 Å². The average molecular weight is 606 g/mol. The quantitative estimate of drug-likeness (QED) is 0.0966. The van der Waals surface area contributed by atoms with Crippen LogP contribution >= 0.6 is 15.9 Å². The van der Waals surface area contributed by atoms with Crippen molar-refractivity contribution < 1.29 is 4.74 Å². The molecule has 226 valence electrons. The normalized spacial score (nSPS) is 36.8. The first kappa shape index (κ1) is 32.1. The van der Waals surface area contributed by atoms with Gasteiger partial charge in [-0.05, 0) is 111 Å². The molecule has 8 atom stereocenters. The average Bonchev–Trinajstić information content (AvgIpc) is 3.27. The van der Waals surface area contributed by atoms with Crippen molar-refractivity contribution in [2.24, 2.45) is 46.3 Å². The van der Waals surface area contributed by atoms with E-state index >= 15 is 0 Å². The molecule has 0 saturated heterocycles. The van der Waals surface area contributed by atoms with E-state index in [0.717, 1.165) is 42.1 Å². The van der Waals surface area contributed by atoms with Gasteiger partial charge in [0.2, 0.25) is 0 Å². The highest BCUT2D eigenvalue weighted by molar-refractivity contribution is 9.09. The molecule has 0 aromatic carbocycles. The number of rotatable bonds is 16. The molecule has 0 heterocycles. The summed E-state index contributed by atoms with van der Waals surface area (Å²) in [6.07, 6.45) is 29.8. The third-order valence-electron chi connectivity index (χ3n) is 12.6. The van der Waals surface area contributed by atoms with Crippen molar-refractivity contribution in [3.8, 4) is 0 Å². The minimum absolute atomic E-state index is 0.458. The molecular weight excluding hydrogens is 540 g/mol. The van der Waals surface area contributed by atoms with Gasteiger partial charge in [0.15, 0.2) is 0 Å². The van der Waals surface area contributed by atoms with Crippen LogP contribution in [0, 0.1) is 46.3 Å². The number of alkyl halides is 1. The van der Waals surface area contributed by atoms with Crippen LogP contribution in [0.4, 0.5) is 0 Å². The van der Waals surface area contributed by atoms with Crippen LogP contribution in [0.3, 0.4) is 0 Å². The van der Waals surface area contributed by atoms with Gasteiger partial charge in [0.1, 0.15) is 0 Å². The number of hydrogen-bond acceptors (Lipinski definition) is 1. The zero-order chi connectivity index (χ0) is 27.9. The SMILES string of the molecule is CC(C)CCC[C@@H](C)[C@H]1CC[C@H]2[C@@H]3CC=C4C[C@@H](OCCCCCCCCCCBr)CC[C@]4(C)[C@H]3CC[C@]12C. The highest BCUT2D eigenvalue weighted by atomic mass is 79.9. The monoisotopic (exact) mass is 604 g/mol. The summed E-state index contributed by atoms with van der Waals surface area (Å²) in [4.78, 5) is 0. The van der Waals surface area contributed by atoms with Crippen LogP contribution in [0.1, 0.15) is 157 Å². The molecule has 0 N–H and O–H groups in total. The van der Waals surface area contributed by atoms with Crippen molar-refractivity contribution in [2.45, 2.75) is 163 Å². The van der Waals surface area contributed by atoms with Gasteiger partial charge in [-0.25, -0.2) is 0 Å². The van der Waals surface area contributed by atoms with Gasteiger partial charge in [0.25, 0.3) is 0 Å². The van der Waals surface area contributed by atoms with Gasteiger partial charge in [-0.15, -0.1) is 0 Å². The third-order valence-corrected chi connectivity index (χ3v) is 13.2. The first-order valence-corrected chi connectivity index (χ1v) is 18.8. The standard InChI is InChI=1S/C37H65BrO/c1-28(2)15-14-16-29(3)33-19-20-34-32-18-17-30-27-31(39-26-13-11-9-7-6-8-10-12-25-38)21-23-36(30,4)35(32)22-24-37(33,34)5/h17,28-29,31-35H,6-16,18-27H2,1-5H3/t29-,31+,32+,33-,34+,35+,36+,37-/m1/s1. The van der Waals surface area contributed by atoms with Crippen LogP contribution in [0.15, 0.2) is 11.6 Å². The number of hydrogen-bond donors (Lipinski definition) is 0. The number of fused-ring (bicyclic) bond motifs is 5. The number of allylic oxidation sites excluding steroid dienone is 1. The lowest BCUT2D eigenvalue weighted by molar-refractivity contribution is -0.0641. The zero-order valence-electron chi connectivity index (χ0n) is 26.8. The molecule has 2 heteroatoms. The molecule has 1 nitrogen and oxygen atoms in total. The topological polar surface area (TPSA) is 9.23 Å². The van der Waals surface area contributed by atoms with Crippen molar-refractivity contribution >= 4 is 15.9 Å². The van der Waals surface area contributed by atoms with Crippen LogP contribution < -0.4 is 0 Å². The van der Waals surface area contributed by atoms with Gasteiger partial charge in [0, 0.05) is 11.9 Å². The van der Waals surface area contributed by atoms with Gasteiger partial charge in [-0.2, -0.15) is 0 Å². The summed E-state index contributed by atoms with van der Waals surface area (Å²) in [5, 5.41) is 1.17. The lowest BCUT2D eigenvalue weighted by Crippen LogP contribution is -2.51. The number of unbranched alkanes of at least 4 members (excludes halogenated alkanes) is 7. The van der Waals surface area contributed by atoms with Crippen molar-refractivity contribution in [1.82, 2.24) is 0 Å². The smallest absolute Gasteiger partial charge is 0.0612 e. The van der Waals surface area contributed by atoms with Crippen molar-refractivity contribution in [1.29, 1.82) is 0 Å². The molecule has 4 aliphatic rings. The minimum atomic E-state index is 0.458. The van der Waals surface area contributed by atoms with E-state index in [9.17, 15) is 0 Å². The maximum absolute atomic E-state index is 6.50. The first-order chi connectivity index (χ1) is 18.8. The van der Waals surface area contributed by atoms with E-state index in [1.807, 2.05) is 0 Å².